The first-order chi connectivity index (χ1) is 11.9. The van der Waals surface area contributed by atoms with Gasteiger partial charge in [0.1, 0.15) is 0 Å². The number of carbonyl (C=O) groups excluding carboxylic acids is 1. The summed E-state index contributed by atoms with van der Waals surface area (Å²) >= 11 is 6.94. The average Bonchev–Trinajstić information content (AvgIpc) is 3.02. The second-order valence-corrected chi connectivity index (χ2v) is 8.80. The zero-order chi connectivity index (χ0) is 17.9. The van der Waals surface area contributed by atoms with Gasteiger partial charge >= 0.3 is 0 Å². The summed E-state index contributed by atoms with van der Waals surface area (Å²) in [5, 5.41) is 2.42. The Bertz CT molecular complexity index is 844. The number of aromatic nitrogens is 1. The first-order valence-corrected chi connectivity index (χ1v) is 10.7. The maximum atomic E-state index is 12.3. The summed E-state index contributed by atoms with van der Waals surface area (Å²) in [5.41, 5.74) is 0.578. The normalized spacial score (nSPS) is 15.2. The second-order valence-electron chi connectivity index (χ2n) is 5.82. The highest BCUT2D eigenvalue weighted by molar-refractivity contribution is 7.93. The number of nitrogens with one attached hydrogen (secondary N) is 1. The highest BCUT2D eigenvalue weighted by Crippen LogP contribution is 2.22. The Hall–Kier alpha value is -1.64. The van der Waals surface area contributed by atoms with Gasteiger partial charge in [0.25, 0.3) is 10.0 Å². The van der Waals surface area contributed by atoms with Crippen LogP contribution < -0.4 is 4.72 Å². The maximum Gasteiger partial charge on any atom is 0.263 e. The number of sulfonamides is 1. The molecule has 0 aliphatic carbocycles. The van der Waals surface area contributed by atoms with E-state index in [0.29, 0.717) is 10.7 Å². The highest BCUT2D eigenvalue weighted by Gasteiger charge is 2.19. The van der Waals surface area contributed by atoms with Gasteiger partial charge in [0.15, 0.2) is 5.13 Å². The van der Waals surface area contributed by atoms with Gasteiger partial charge in [-0.15, -0.1) is 11.3 Å². The van der Waals surface area contributed by atoms with Crippen LogP contribution in [0.15, 0.2) is 34.5 Å². The van der Waals surface area contributed by atoms with Gasteiger partial charge in [-0.2, -0.15) is 0 Å². The lowest BCUT2D eigenvalue weighted by Crippen LogP contribution is -2.36. The van der Waals surface area contributed by atoms with E-state index in [1.54, 1.807) is 5.38 Å². The van der Waals surface area contributed by atoms with E-state index in [-0.39, 0.29) is 22.4 Å². The van der Waals surface area contributed by atoms with Crippen LogP contribution >= 0.6 is 22.9 Å². The zero-order valence-corrected chi connectivity index (χ0v) is 15.8. The van der Waals surface area contributed by atoms with Crippen molar-refractivity contribution in [2.75, 3.05) is 17.8 Å². The van der Waals surface area contributed by atoms with Crippen LogP contribution in [-0.2, 0) is 21.2 Å². The molecule has 0 spiro atoms. The minimum atomic E-state index is -3.72. The van der Waals surface area contributed by atoms with Gasteiger partial charge in [0.05, 0.1) is 17.0 Å². The van der Waals surface area contributed by atoms with Gasteiger partial charge in [-0.1, -0.05) is 11.6 Å². The van der Waals surface area contributed by atoms with Crippen LogP contribution in [0.3, 0.4) is 0 Å². The second kappa shape index (κ2) is 7.72. The number of hydrogen-bond acceptors (Lipinski definition) is 5. The van der Waals surface area contributed by atoms with E-state index >= 15 is 0 Å². The molecule has 0 saturated carbocycles. The van der Waals surface area contributed by atoms with Crippen molar-refractivity contribution >= 4 is 44.0 Å². The molecule has 0 radical (unpaired) electrons. The lowest BCUT2D eigenvalue weighted by atomic mass is 10.1. The van der Waals surface area contributed by atoms with E-state index in [0.717, 1.165) is 43.7 Å². The SMILES string of the molecule is O=C(Cc1csc(NS(=O)(=O)c2ccc(Cl)cc2)n1)N1CCCCC1. The number of likely N-dealkylation sites (tertiary alicyclic amines) is 1. The quantitative estimate of drug-likeness (QED) is 0.837. The van der Waals surface area contributed by atoms with Crippen LogP contribution in [0.4, 0.5) is 5.13 Å². The first kappa shape index (κ1) is 18.2. The number of halogens is 1. The molecule has 1 saturated heterocycles. The van der Waals surface area contributed by atoms with Crippen molar-refractivity contribution in [3.63, 3.8) is 0 Å². The molecular formula is C16H18ClN3O3S2. The third kappa shape index (κ3) is 4.71. The van der Waals surface area contributed by atoms with E-state index in [4.69, 9.17) is 11.6 Å². The summed E-state index contributed by atoms with van der Waals surface area (Å²) in [6.45, 7) is 1.58. The number of carbonyl (C=O) groups is 1. The summed E-state index contributed by atoms with van der Waals surface area (Å²) < 4.78 is 27.1. The number of amides is 1. The number of rotatable bonds is 5. The van der Waals surface area contributed by atoms with Crippen molar-refractivity contribution in [3.05, 3.63) is 40.4 Å². The smallest absolute Gasteiger partial charge is 0.263 e. The molecule has 2 aromatic rings. The molecule has 9 heteroatoms. The number of hydrogen-bond donors (Lipinski definition) is 1. The third-order valence-electron chi connectivity index (χ3n) is 3.94. The van der Waals surface area contributed by atoms with Crippen molar-refractivity contribution in [2.24, 2.45) is 0 Å². The van der Waals surface area contributed by atoms with E-state index in [1.807, 2.05) is 4.90 Å². The molecule has 1 amide bonds. The Labute approximate surface area is 155 Å². The lowest BCUT2D eigenvalue weighted by Gasteiger charge is -2.26. The van der Waals surface area contributed by atoms with Crippen molar-refractivity contribution in [1.82, 2.24) is 9.88 Å². The molecule has 3 rings (SSSR count). The van der Waals surface area contributed by atoms with Crippen LogP contribution in [-0.4, -0.2) is 37.3 Å². The number of benzene rings is 1. The molecule has 1 aliphatic heterocycles. The van der Waals surface area contributed by atoms with Gasteiger partial charge < -0.3 is 4.90 Å². The summed E-state index contributed by atoms with van der Waals surface area (Å²) in [6, 6.07) is 5.89. The molecule has 1 fully saturated rings. The molecule has 0 unspecified atom stereocenters. The van der Waals surface area contributed by atoms with Crippen LogP contribution in [0.25, 0.3) is 0 Å². The van der Waals surface area contributed by atoms with Gasteiger partial charge in [0, 0.05) is 23.5 Å². The predicted molar refractivity (Wildman–Crippen MR) is 98.5 cm³/mol. The number of piperidine rings is 1. The molecule has 0 atom stereocenters. The Morgan fingerprint density at radius 2 is 1.88 bits per heavy atom. The molecule has 25 heavy (non-hydrogen) atoms. The molecule has 134 valence electrons. The minimum absolute atomic E-state index is 0.0390. The fourth-order valence-corrected chi connectivity index (χ4v) is 4.72. The van der Waals surface area contributed by atoms with Crippen molar-refractivity contribution < 1.29 is 13.2 Å². The summed E-state index contributed by atoms with van der Waals surface area (Å²) in [4.78, 5) is 18.4. The number of anilines is 1. The van der Waals surface area contributed by atoms with Crippen LogP contribution in [0.2, 0.25) is 5.02 Å². The Morgan fingerprint density at radius 1 is 1.20 bits per heavy atom. The van der Waals surface area contributed by atoms with Gasteiger partial charge in [-0.05, 0) is 43.5 Å². The summed E-state index contributed by atoms with van der Waals surface area (Å²) in [5.74, 6) is 0.0390. The highest BCUT2D eigenvalue weighted by atomic mass is 35.5. The molecule has 6 nitrogen and oxygen atoms in total. The molecular weight excluding hydrogens is 382 g/mol. The van der Waals surface area contributed by atoms with Crippen LogP contribution in [0, 0.1) is 0 Å². The fraction of sp³-hybridized carbons (Fsp3) is 0.375. The molecule has 1 aliphatic rings. The third-order valence-corrected chi connectivity index (χ3v) is 6.48. The zero-order valence-electron chi connectivity index (χ0n) is 13.4. The Kier molecular flexibility index (Phi) is 5.61. The molecule has 1 aromatic carbocycles. The monoisotopic (exact) mass is 399 g/mol. The minimum Gasteiger partial charge on any atom is -0.342 e. The van der Waals surface area contributed by atoms with Crippen LogP contribution in [0.1, 0.15) is 25.0 Å². The van der Waals surface area contributed by atoms with Crippen LogP contribution in [0.5, 0.6) is 0 Å². The Morgan fingerprint density at radius 3 is 2.56 bits per heavy atom. The summed E-state index contributed by atoms with van der Waals surface area (Å²) in [6.07, 6.45) is 3.43. The van der Waals surface area contributed by atoms with E-state index in [9.17, 15) is 13.2 Å². The standard InChI is InChI=1S/C16H18ClN3O3S2/c17-12-4-6-14(7-5-12)25(22,23)19-16-18-13(11-24-16)10-15(21)20-8-2-1-3-9-20/h4-7,11H,1-3,8-10H2,(H,18,19). The summed E-state index contributed by atoms with van der Waals surface area (Å²) in [7, 11) is -3.72. The molecule has 1 aromatic heterocycles. The Balaban J connectivity index is 1.65. The van der Waals surface area contributed by atoms with Crippen molar-refractivity contribution in [1.29, 1.82) is 0 Å². The van der Waals surface area contributed by atoms with E-state index in [2.05, 4.69) is 9.71 Å². The lowest BCUT2D eigenvalue weighted by molar-refractivity contribution is -0.131. The van der Waals surface area contributed by atoms with Gasteiger partial charge in [-0.25, -0.2) is 13.4 Å². The number of thiazole rings is 1. The largest absolute Gasteiger partial charge is 0.342 e. The van der Waals surface area contributed by atoms with Crippen molar-refractivity contribution in [3.8, 4) is 0 Å². The maximum absolute atomic E-state index is 12.3. The number of nitrogens with zero attached hydrogens (tertiary/aromatic N) is 2. The molecule has 1 N–H and O–H groups in total. The average molecular weight is 400 g/mol. The molecule has 0 bridgehead atoms. The van der Waals surface area contributed by atoms with E-state index in [1.165, 1.54) is 24.3 Å². The fourth-order valence-electron chi connectivity index (χ4n) is 2.63. The van der Waals surface area contributed by atoms with Gasteiger partial charge in [-0.3, -0.25) is 9.52 Å². The van der Waals surface area contributed by atoms with Crippen molar-refractivity contribution in [2.45, 2.75) is 30.6 Å². The first-order valence-electron chi connectivity index (χ1n) is 7.94. The van der Waals surface area contributed by atoms with Gasteiger partial charge in [0.2, 0.25) is 5.91 Å². The topological polar surface area (TPSA) is 79.4 Å². The van der Waals surface area contributed by atoms with E-state index < -0.39 is 10.0 Å². The molecule has 2 heterocycles. The predicted octanol–water partition coefficient (Wildman–Crippen LogP) is 3.15.